The van der Waals surface area contributed by atoms with Crippen molar-refractivity contribution >= 4 is 5.69 Å². The molecule has 0 aliphatic heterocycles. The van der Waals surface area contributed by atoms with E-state index >= 15 is 0 Å². The molecule has 3 nitrogen and oxygen atoms in total. The number of rotatable bonds is 4. The Bertz CT molecular complexity index is 376. The first-order valence-corrected chi connectivity index (χ1v) is 5.73. The lowest BCUT2D eigenvalue weighted by molar-refractivity contribution is 0.283. The molecule has 0 radical (unpaired) electrons. The maximum Gasteiger partial charge on any atom is 0.0991 e. The van der Waals surface area contributed by atoms with Crippen molar-refractivity contribution in [2.75, 3.05) is 18.1 Å². The zero-order valence-corrected chi connectivity index (χ0v) is 9.26. The summed E-state index contributed by atoms with van der Waals surface area (Å²) in [5.74, 6) is 0. The number of hydrogen-bond donors (Lipinski definition) is 1. The van der Waals surface area contributed by atoms with Crippen molar-refractivity contribution in [1.82, 2.24) is 0 Å². The smallest absolute Gasteiger partial charge is 0.0991 e. The molecule has 1 aliphatic carbocycles. The van der Waals surface area contributed by atoms with Gasteiger partial charge < -0.3 is 10.0 Å². The Morgan fingerprint density at radius 1 is 1.31 bits per heavy atom. The maximum atomic E-state index is 9.07. The molecule has 0 atom stereocenters. The van der Waals surface area contributed by atoms with Gasteiger partial charge in [-0.25, -0.2) is 0 Å². The molecule has 0 spiro atoms. The Kier molecular flexibility index (Phi) is 3.43. The van der Waals surface area contributed by atoms with Crippen LogP contribution in [0.25, 0.3) is 0 Å². The molecule has 1 N–H and O–H groups in total. The van der Waals surface area contributed by atoms with Gasteiger partial charge in [0.05, 0.1) is 18.2 Å². The number of hydrogen-bond acceptors (Lipinski definition) is 3. The van der Waals surface area contributed by atoms with Crippen molar-refractivity contribution in [2.45, 2.75) is 25.3 Å². The lowest BCUT2D eigenvalue weighted by atomic mass is 9.91. The van der Waals surface area contributed by atoms with Crippen LogP contribution >= 0.6 is 0 Å². The van der Waals surface area contributed by atoms with Crippen LogP contribution in [0.2, 0.25) is 0 Å². The van der Waals surface area contributed by atoms with Gasteiger partial charge in [0.1, 0.15) is 0 Å². The van der Waals surface area contributed by atoms with E-state index in [4.69, 9.17) is 10.4 Å². The summed E-state index contributed by atoms with van der Waals surface area (Å²) >= 11 is 0. The largest absolute Gasteiger partial charge is 0.395 e. The number of benzene rings is 1. The van der Waals surface area contributed by atoms with Gasteiger partial charge in [0.15, 0.2) is 0 Å². The lowest BCUT2D eigenvalue weighted by Gasteiger charge is -2.39. The molecule has 84 valence electrons. The van der Waals surface area contributed by atoms with Crippen molar-refractivity contribution in [2.24, 2.45) is 0 Å². The summed E-state index contributed by atoms with van der Waals surface area (Å²) in [6.45, 7) is 0.854. The van der Waals surface area contributed by atoms with Gasteiger partial charge in [0, 0.05) is 18.3 Å². The summed E-state index contributed by atoms with van der Waals surface area (Å²) in [4.78, 5) is 2.24. The van der Waals surface area contributed by atoms with Gasteiger partial charge in [-0.3, -0.25) is 0 Å². The molecule has 16 heavy (non-hydrogen) atoms. The lowest BCUT2D eigenvalue weighted by Crippen LogP contribution is -2.41. The topological polar surface area (TPSA) is 47.3 Å². The van der Waals surface area contributed by atoms with Crippen LogP contribution in [-0.2, 0) is 0 Å². The second kappa shape index (κ2) is 5.00. The number of nitriles is 1. The predicted octanol–water partition coefficient (Wildman–Crippen LogP) is 1.91. The highest BCUT2D eigenvalue weighted by Crippen LogP contribution is 2.29. The van der Waals surface area contributed by atoms with E-state index in [2.05, 4.69) is 11.0 Å². The van der Waals surface area contributed by atoms with Crippen LogP contribution in [0.4, 0.5) is 5.69 Å². The fraction of sp³-hybridized carbons (Fsp3) is 0.462. The molecule has 1 fully saturated rings. The summed E-state index contributed by atoms with van der Waals surface area (Å²) in [7, 11) is 0. The van der Waals surface area contributed by atoms with E-state index in [1.807, 2.05) is 24.3 Å². The Balaban J connectivity index is 2.14. The van der Waals surface area contributed by atoms with E-state index in [0.717, 1.165) is 5.69 Å². The molecule has 0 heterocycles. The van der Waals surface area contributed by atoms with E-state index < -0.39 is 0 Å². The molecule has 1 aromatic carbocycles. The molecular weight excluding hydrogens is 200 g/mol. The zero-order chi connectivity index (χ0) is 11.4. The van der Waals surface area contributed by atoms with Gasteiger partial charge in [-0.2, -0.15) is 5.26 Å². The molecule has 0 amide bonds. The van der Waals surface area contributed by atoms with Gasteiger partial charge in [-0.05, 0) is 43.5 Å². The summed E-state index contributed by atoms with van der Waals surface area (Å²) in [6, 6.07) is 10.3. The van der Waals surface area contributed by atoms with Crippen LogP contribution in [0.1, 0.15) is 24.8 Å². The molecule has 0 unspecified atom stereocenters. The van der Waals surface area contributed by atoms with Crippen LogP contribution in [-0.4, -0.2) is 24.3 Å². The van der Waals surface area contributed by atoms with Gasteiger partial charge in [0.2, 0.25) is 0 Å². The van der Waals surface area contributed by atoms with Crippen LogP contribution in [0.3, 0.4) is 0 Å². The molecule has 0 bridgehead atoms. The average molecular weight is 216 g/mol. The second-order valence-electron chi connectivity index (χ2n) is 4.16. The molecule has 3 heteroatoms. The fourth-order valence-electron chi connectivity index (χ4n) is 2.06. The molecular formula is C13H16N2O. The Hall–Kier alpha value is -1.53. The van der Waals surface area contributed by atoms with Crippen LogP contribution in [0.15, 0.2) is 24.3 Å². The van der Waals surface area contributed by atoms with E-state index in [9.17, 15) is 0 Å². The minimum absolute atomic E-state index is 0.177. The minimum Gasteiger partial charge on any atom is -0.395 e. The number of aliphatic hydroxyl groups excluding tert-OH is 1. The number of anilines is 1. The van der Waals surface area contributed by atoms with Crippen molar-refractivity contribution in [1.29, 1.82) is 5.26 Å². The Morgan fingerprint density at radius 2 is 2.00 bits per heavy atom. The third-order valence-electron chi connectivity index (χ3n) is 3.18. The summed E-state index contributed by atoms with van der Waals surface area (Å²) < 4.78 is 0. The van der Waals surface area contributed by atoms with Crippen molar-refractivity contribution in [3.63, 3.8) is 0 Å². The van der Waals surface area contributed by atoms with Crippen LogP contribution in [0, 0.1) is 11.3 Å². The third kappa shape index (κ3) is 2.17. The maximum absolute atomic E-state index is 9.07. The van der Waals surface area contributed by atoms with Gasteiger partial charge in [-0.15, -0.1) is 0 Å². The number of nitrogens with zero attached hydrogens (tertiary/aromatic N) is 2. The highest BCUT2D eigenvalue weighted by Gasteiger charge is 2.24. The van der Waals surface area contributed by atoms with E-state index in [1.165, 1.54) is 19.3 Å². The molecule has 0 aromatic heterocycles. The highest BCUT2D eigenvalue weighted by molar-refractivity contribution is 5.50. The second-order valence-corrected chi connectivity index (χ2v) is 4.16. The molecule has 1 saturated carbocycles. The monoisotopic (exact) mass is 216 g/mol. The molecule has 2 rings (SSSR count). The first-order valence-electron chi connectivity index (χ1n) is 5.73. The Morgan fingerprint density at radius 3 is 2.44 bits per heavy atom. The van der Waals surface area contributed by atoms with Crippen LogP contribution < -0.4 is 4.90 Å². The summed E-state index contributed by atoms with van der Waals surface area (Å²) in [6.07, 6.45) is 3.70. The molecule has 0 saturated heterocycles. The van der Waals surface area contributed by atoms with Crippen molar-refractivity contribution in [3.05, 3.63) is 29.8 Å². The predicted molar refractivity (Wildman–Crippen MR) is 63.2 cm³/mol. The molecule has 1 aromatic rings. The first-order chi connectivity index (χ1) is 7.85. The van der Waals surface area contributed by atoms with Gasteiger partial charge in [-0.1, -0.05) is 0 Å². The normalized spacial score (nSPS) is 15.2. The van der Waals surface area contributed by atoms with E-state index in [-0.39, 0.29) is 6.61 Å². The fourth-order valence-corrected chi connectivity index (χ4v) is 2.06. The van der Waals surface area contributed by atoms with Crippen molar-refractivity contribution < 1.29 is 5.11 Å². The van der Waals surface area contributed by atoms with Crippen LogP contribution in [0.5, 0.6) is 0 Å². The van der Waals surface area contributed by atoms with Gasteiger partial charge >= 0.3 is 0 Å². The third-order valence-corrected chi connectivity index (χ3v) is 3.18. The first kappa shape index (κ1) is 11.0. The average Bonchev–Trinajstić information content (AvgIpc) is 2.26. The molecule has 1 aliphatic rings. The SMILES string of the molecule is N#Cc1ccc(N(CCO)C2CCC2)cc1. The van der Waals surface area contributed by atoms with E-state index in [0.29, 0.717) is 18.2 Å². The zero-order valence-electron chi connectivity index (χ0n) is 9.26. The van der Waals surface area contributed by atoms with Gasteiger partial charge in [0.25, 0.3) is 0 Å². The van der Waals surface area contributed by atoms with E-state index in [1.54, 1.807) is 0 Å². The Labute approximate surface area is 95.9 Å². The minimum atomic E-state index is 0.177. The number of aliphatic hydroxyl groups is 1. The standard InChI is InChI=1S/C13H16N2O/c14-10-11-4-6-13(7-5-11)15(8-9-16)12-2-1-3-12/h4-7,12,16H,1-3,8-9H2. The summed E-state index contributed by atoms with van der Waals surface area (Å²) in [5, 5.41) is 17.8. The quantitative estimate of drug-likeness (QED) is 0.836. The highest BCUT2D eigenvalue weighted by atomic mass is 16.3. The summed E-state index contributed by atoms with van der Waals surface area (Å²) in [5.41, 5.74) is 1.79. The van der Waals surface area contributed by atoms with Crippen molar-refractivity contribution in [3.8, 4) is 6.07 Å².